The Bertz CT molecular complexity index is 924. The Kier molecular flexibility index (Phi) is 7.62. The molecule has 170 valence electrons. The largest absolute Gasteiger partial charge is 0.514 e. The number of ketones is 1. The van der Waals surface area contributed by atoms with E-state index in [0.717, 1.165) is 32.1 Å². The van der Waals surface area contributed by atoms with E-state index in [0.29, 0.717) is 6.29 Å². The Balaban J connectivity index is 1.89. The highest BCUT2D eigenvalue weighted by atomic mass is 16.7. The SMILES string of the molecule is CC(C)C(=O)OC1(C(=O)c2ccccc2OC(=O)OC2CCCCC2)C=CC=CC1C=O. The number of rotatable bonds is 7. The lowest BCUT2D eigenvalue weighted by Crippen LogP contribution is -2.50. The van der Waals surface area contributed by atoms with Gasteiger partial charge in [-0.2, -0.15) is 0 Å². The first kappa shape index (κ1) is 23.4. The van der Waals surface area contributed by atoms with Crippen molar-refractivity contribution < 1.29 is 33.4 Å². The van der Waals surface area contributed by atoms with Gasteiger partial charge in [0.05, 0.1) is 17.4 Å². The van der Waals surface area contributed by atoms with E-state index in [2.05, 4.69) is 0 Å². The highest BCUT2D eigenvalue weighted by Gasteiger charge is 2.48. The summed E-state index contributed by atoms with van der Waals surface area (Å²) in [6.45, 7) is 3.27. The fourth-order valence-electron chi connectivity index (χ4n) is 3.83. The number of allylic oxidation sites excluding steroid dienone is 2. The summed E-state index contributed by atoms with van der Waals surface area (Å²) in [6, 6.07) is 6.14. The molecule has 2 aliphatic rings. The lowest BCUT2D eigenvalue weighted by molar-refractivity contribution is -0.158. The molecule has 1 fully saturated rings. The number of para-hydroxylation sites is 1. The van der Waals surface area contributed by atoms with Gasteiger partial charge in [-0.25, -0.2) is 4.79 Å². The summed E-state index contributed by atoms with van der Waals surface area (Å²) in [4.78, 5) is 50.3. The summed E-state index contributed by atoms with van der Waals surface area (Å²) in [7, 11) is 0. The Morgan fingerprint density at radius 1 is 1.06 bits per heavy atom. The average molecular weight is 440 g/mol. The van der Waals surface area contributed by atoms with Crippen LogP contribution in [0, 0.1) is 11.8 Å². The summed E-state index contributed by atoms with van der Waals surface area (Å²) in [6.07, 6.45) is 10.2. The van der Waals surface area contributed by atoms with Gasteiger partial charge in [0.25, 0.3) is 0 Å². The minimum absolute atomic E-state index is 0.0106. The second-order valence-electron chi connectivity index (χ2n) is 8.33. The Morgan fingerprint density at radius 2 is 1.78 bits per heavy atom. The van der Waals surface area contributed by atoms with E-state index in [4.69, 9.17) is 14.2 Å². The second kappa shape index (κ2) is 10.4. The van der Waals surface area contributed by atoms with Crippen molar-refractivity contribution in [3.8, 4) is 5.75 Å². The zero-order valence-corrected chi connectivity index (χ0v) is 18.3. The molecule has 2 atom stereocenters. The molecule has 7 heteroatoms. The van der Waals surface area contributed by atoms with E-state index in [1.807, 2.05) is 0 Å². The number of aldehydes is 1. The number of hydrogen-bond acceptors (Lipinski definition) is 7. The van der Waals surface area contributed by atoms with Gasteiger partial charge < -0.3 is 19.0 Å². The van der Waals surface area contributed by atoms with E-state index in [1.54, 1.807) is 38.1 Å². The van der Waals surface area contributed by atoms with Crippen LogP contribution in [0.1, 0.15) is 56.3 Å². The minimum atomic E-state index is -1.87. The van der Waals surface area contributed by atoms with E-state index in [1.165, 1.54) is 24.3 Å². The summed E-state index contributed by atoms with van der Waals surface area (Å²) >= 11 is 0. The van der Waals surface area contributed by atoms with E-state index < -0.39 is 35.3 Å². The van der Waals surface area contributed by atoms with E-state index in [-0.39, 0.29) is 17.4 Å². The van der Waals surface area contributed by atoms with Gasteiger partial charge >= 0.3 is 12.1 Å². The molecule has 0 spiro atoms. The maximum atomic E-state index is 13.7. The van der Waals surface area contributed by atoms with Crippen molar-refractivity contribution in [2.24, 2.45) is 11.8 Å². The highest BCUT2D eigenvalue weighted by molar-refractivity contribution is 6.09. The lowest BCUT2D eigenvalue weighted by Gasteiger charge is -2.34. The molecule has 0 saturated heterocycles. The molecule has 3 rings (SSSR count). The van der Waals surface area contributed by atoms with Crippen molar-refractivity contribution in [2.75, 3.05) is 0 Å². The van der Waals surface area contributed by atoms with Gasteiger partial charge in [0, 0.05) is 0 Å². The molecule has 1 aromatic rings. The summed E-state index contributed by atoms with van der Waals surface area (Å²) in [5.74, 6) is -2.84. The van der Waals surface area contributed by atoms with Gasteiger partial charge in [-0.3, -0.25) is 9.59 Å². The topological polar surface area (TPSA) is 96.0 Å². The van der Waals surface area contributed by atoms with E-state index >= 15 is 0 Å². The van der Waals surface area contributed by atoms with Crippen molar-refractivity contribution in [2.45, 2.75) is 57.7 Å². The normalized spacial score (nSPS) is 22.9. The van der Waals surface area contributed by atoms with Crippen molar-refractivity contribution in [1.82, 2.24) is 0 Å². The summed E-state index contributed by atoms with van der Waals surface area (Å²) in [5.41, 5.74) is -1.86. The number of benzene rings is 1. The average Bonchev–Trinajstić information content (AvgIpc) is 2.79. The molecular weight excluding hydrogens is 412 g/mol. The number of ether oxygens (including phenoxy) is 3. The second-order valence-corrected chi connectivity index (χ2v) is 8.33. The van der Waals surface area contributed by atoms with Crippen LogP contribution in [0.5, 0.6) is 5.75 Å². The molecule has 1 saturated carbocycles. The predicted molar refractivity (Wildman–Crippen MR) is 116 cm³/mol. The Hall–Kier alpha value is -3.22. The van der Waals surface area contributed by atoms with Gasteiger partial charge in [0.15, 0.2) is 0 Å². The fraction of sp³-hybridized carbons (Fsp3) is 0.440. The third-order valence-corrected chi connectivity index (χ3v) is 5.65. The molecule has 1 aromatic carbocycles. The molecule has 7 nitrogen and oxygen atoms in total. The van der Waals surface area contributed by atoms with Crippen LogP contribution in [0.15, 0.2) is 48.6 Å². The number of carbonyl (C=O) groups is 4. The number of carbonyl (C=O) groups excluding carboxylic acids is 4. The molecule has 0 heterocycles. The molecule has 0 aromatic heterocycles. The van der Waals surface area contributed by atoms with Crippen molar-refractivity contribution in [3.05, 3.63) is 54.1 Å². The van der Waals surface area contributed by atoms with Crippen LogP contribution in [0.2, 0.25) is 0 Å². The van der Waals surface area contributed by atoms with Gasteiger partial charge in [0.1, 0.15) is 18.1 Å². The van der Waals surface area contributed by atoms with Gasteiger partial charge in [-0.05, 0) is 43.9 Å². The monoisotopic (exact) mass is 440 g/mol. The Morgan fingerprint density at radius 3 is 2.47 bits per heavy atom. The molecule has 0 aliphatic heterocycles. The zero-order chi connectivity index (χ0) is 23.1. The zero-order valence-electron chi connectivity index (χ0n) is 18.3. The third kappa shape index (κ3) is 5.15. The highest BCUT2D eigenvalue weighted by Crippen LogP contribution is 2.35. The van der Waals surface area contributed by atoms with Crippen LogP contribution < -0.4 is 4.74 Å². The van der Waals surface area contributed by atoms with Crippen LogP contribution in [0.4, 0.5) is 4.79 Å². The lowest BCUT2D eigenvalue weighted by atomic mass is 9.78. The molecule has 0 radical (unpaired) electrons. The number of hydrogen-bond donors (Lipinski definition) is 0. The van der Waals surface area contributed by atoms with Crippen LogP contribution >= 0.6 is 0 Å². The maximum absolute atomic E-state index is 13.7. The van der Waals surface area contributed by atoms with E-state index in [9.17, 15) is 19.2 Å². The Labute approximate surface area is 187 Å². The van der Waals surface area contributed by atoms with Gasteiger partial charge in [-0.1, -0.05) is 50.6 Å². The first-order valence-electron chi connectivity index (χ1n) is 10.9. The number of esters is 1. The molecule has 2 aliphatic carbocycles. The molecule has 32 heavy (non-hydrogen) atoms. The molecule has 0 amide bonds. The quantitative estimate of drug-likeness (QED) is 0.265. The molecule has 0 N–H and O–H groups in total. The predicted octanol–water partition coefficient (Wildman–Crippen LogP) is 4.60. The van der Waals surface area contributed by atoms with Crippen molar-refractivity contribution in [1.29, 1.82) is 0 Å². The third-order valence-electron chi connectivity index (χ3n) is 5.65. The van der Waals surface area contributed by atoms with Crippen molar-refractivity contribution >= 4 is 24.2 Å². The minimum Gasteiger partial charge on any atom is -0.445 e. The van der Waals surface area contributed by atoms with Gasteiger partial charge in [-0.15, -0.1) is 0 Å². The maximum Gasteiger partial charge on any atom is 0.514 e. The first-order chi connectivity index (χ1) is 15.4. The smallest absolute Gasteiger partial charge is 0.445 e. The van der Waals surface area contributed by atoms with Crippen LogP contribution in [-0.4, -0.2) is 35.9 Å². The van der Waals surface area contributed by atoms with Crippen LogP contribution in [-0.2, 0) is 19.1 Å². The van der Waals surface area contributed by atoms with Gasteiger partial charge in [0.2, 0.25) is 11.4 Å². The summed E-state index contributed by atoms with van der Waals surface area (Å²) < 4.78 is 16.4. The van der Waals surface area contributed by atoms with Crippen molar-refractivity contribution in [3.63, 3.8) is 0 Å². The molecule has 2 unspecified atom stereocenters. The first-order valence-corrected chi connectivity index (χ1v) is 10.9. The van der Waals surface area contributed by atoms with Crippen LogP contribution in [0.3, 0.4) is 0 Å². The molecular formula is C25H28O7. The molecule has 0 bridgehead atoms. The fourth-order valence-corrected chi connectivity index (χ4v) is 3.83. The number of Topliss-reactive ketones (excluding diaryl/α,β-unsaturated/α-hetero) is 1. The van der Waals surface area contributed by atoms with Crippen LogP contribution in [0.25, 0.3) is 0 Å². The summed E-state index contributed by atoms with van der Waals surface area (Å²) in [5, 5.41) is 0. The standard InChI is InChI=1S/C25H28O7/c1-17(2)23(28)32-25(15-9-8-10-18(25)16-26)22(27)20-13-6-7-14-21(20)31-24(29)30-19-11-4-3-5-12-19/h6-10,13-19H,3-5,11-12H2,1-2H3.